The number of aryl methyl sites for hydroxylation is 1. The van der Waals surface area contributed by atoms with Crippen molar-refractivity contribution in [3.63, 3.8) is 0 Å². The number of nitrogens with one attached hydrogen (secondary N) is 1. The van der Waals surface area contributed by atoms with Gasteiger partial charge in [0.2, 0.25) is 0 Å². The molecule has 8 heteroatoms. The number of rotatable bonds is 8. The lowest BCUT2D eigenvalue weighted by molar-refractivity contribution is -0.140. The van der Waals surface area contributed by atoms with Gasteiger partial charge in [-0.15, -0.1) is 0 Å². The van der Waals surface area contributed by atoms with E-state index in [1.807, 2.05) is 30.3 Å². The number of hydrogen-bond acceptors (Lipinski definition) is 6. The van der Waals surface area contributed by atoms with Crippen molar-refractivity contribution < 1.29 is 19.3 Å². The highest BCUT2D eigenvalue weighted by Gasteiger charge is 2.64. The number of aromatic amines is 1. The molecule has 4 rings (SSSR count). The van der Waals surface area contributed by atoms with Gasteiger partial charge in [-0.25, -0.2) is 4.79 Å². The predicted molar refractivity (Wildman–Crippen MR) is 114 cm³/mol. The van der Waals surface area contributed by atoms with Crippen LogP contribution in [0, 0.1) is 6.92 Å². The Bertz CT molecular complexity index is 1000. The quantitative estimate of drug-likeness (QED) is 0.622. The lowest BCUT2D eigenvalue weighted by atomic mass is 9.93. The Hall–Kier alpha value is -2.26. The molecule has 1 unspecified atom stereocenters. The second-order valence-corrected chi connectivity index (χ2v) is 8.40. The fourth-order valence-corrected chi connectivity index (χ4v) is 4.54. The van der Waals surface area contributed by atoms with Crippen molar-refractivity contribution >= 4 is 0 Å². The Kier molecular flexibility index (Phi) is 6.43. The van der Waals surface area contributed by atoms with Crippen molar-refractivity contribution in [2.24, 2.45) is 0 Å². The molecule has 2 heterocycles. The number of hydrogen-bond donors (Lipinski definition) is 2. The average Bonchev–Trinajstić information content (AvgIpc) is 3.25. The number of aliphatic hydroxyl groups is 1. The van der Waals surface area contributed by atoms with Crippen LogP contribution in [0.4, 0.5) is 0 Å². The summed E-state index contributed by atoms with van der Waals surface area (Å²) < 4.78 is 19.9. The number of H-pyrrole nitrogens is 1. The van der Waals surface area contributed by atoms with E-state index in [1.54, 1.807) is 6.92 Å². The van der Waals surface area contributed by atoms with E-state index in [-0.39, 0.29) is 6.10 Å². The Morgan fingerprint density at radius 3 is 2.81 bits per heavy atom. The molecule has 2 aromatic rings. The molecule has 1 saturated carbocycles. The number of unbranched alkanes of at least 4 members (excludes halogenated alkanes) is 1. The summed E-state index contributed by atoms with van der Waals surface area (Å²) in [5.41, 5.74) is -0.729. The van der Waals surface area contributed by atoms with Crippen LogP contribution in [0.1, 0.15) is 50.0 Å². The minimum atomic E-state index is -1.09. The second-order valence-electron chi connectivity index (χ2n) is 8.40. The minimum Gasteiger partial charge on any atom is -0.385 e. The van der Waals surface area contributed by atoms with Gasteiger partial charge in [0.1, 0.15) is 17.8 Å². The minimum absolute atomic E-state index is 0.235. The lowest BCUT2D eigenvalue weighted by Gasteiger charge is -2.32. The third-order valence-corrected chi connectivity index (χ3v) is 6.30. The number of aromatic nitrogens is 2. The lowest BCUT2D eigenvalue weighted by Crippen LogP contribution is -2.49. The third-order valence-electron chi connectivity index (χ3n) is 6.30. The standard InChI is InChI=1S/C23H30N2O6/c1-3-4-12-29-17-10-11-23(30-14-16-8-6-5-7-9-16)18(26)21(31-19(17)23)25-13-15(2)20(27)24-22(25)28/h5-9,13,17-19,21,26H,3-4,10-12,14H2,1-2H3,(H,24,27,28)/t17-,18+,19?,21-,23+/m1/s1. The van der Waals surface area contributed by atoms with Gasteiger partial charge >= 0.3 is 5.69 Å². The molecule has 168 valence electrons. The fraction of sp³-hybridized carbons (Fsp3) is 0.565. The summed E-state index contributed by atoms with van der Waals surface area (Å²) in [7, 11) is 0. The van der Waals surface area contributed by atoms with Crippen molar-refractivity contribution in [3.8, 4) is 0 Å². The Morgan fingerprint density at radius 1 is 1.29 bits per heavy atom. The SMILES string of the molecule is CCCCO[C@@H]1CC[C@@]2(OCc3ccccc3)C1O[C@@H](n1cc(C)c(=O)[nH]c1=O)[C@@H]2O. The average molecular weight is 431 g/mol. The second kappa shape index (κ2) is 9.08. The molecule has 1 aromatic heterocycles. The first kappa shape index (κ1) is 22.0. The summed E-state index contributed by atoms with van der Waals surface area (Å²) >= 11 is 0. The molecule has 1 aliphatic heterocycles. The molecule has 2 N–H and O–H groups in total. The van der Waals surface area contributed by atoms with Crippen LogP contribution >= 0.6 is 0 Å². The van der Waals surface area contributed by atoms with Gasteiger partial charge in [0.25, 0.3) is 5.56 Å². The number of benzene rings is 1. The summed E-state index contributed by atoms with van der Waals surface area (Å²) in [6.45, 7) is 4.62. The van der Waals surface area contributed by atoms with Crippen molar-refractivity contribution in [1.29, 1.82) is 0 Å². The van der Waals surface area contributed by atoms with Crippen LogP contribution in [0.2, 0.25) is 0 Å². The maximum Gasteiger partial charge on any atom is 0.330 e. The Balaban J connectivity index is 1.64. The van der Waals surface area contributed by atoms with Gasteiger partial charge in [0.05, 0.1) is 12.7 Å². The van der Waals surface area contributed by atoms with Gasteiger partial charge in [-0.05, 0) is 31.7 Å². The van der Waals surface area contributed by atoms with Crippen LogP contribution in [-0.4, -0.2) is 45.2 Å². The first-order valence-electron chi connectivity index (χ1n) is 10.9. The fourth-order valence-electron chi connectivity index (χ4n) is 4.54. The van der Waals surface area contributed by atoms with Gasteiger partial charge in [-0.2, -0.15) is 0 Å². The molecule has 0 amide bonds. The van der Waals surface area contributed by atoms with Crippen molar-refractivity contribution in [2.45, 2.75) is 76.3 Å². The van der Waals surface area contributed by atoms with Crippen LogP contribution in [0.3, 0.4) is 0 Å². The normalized spacial score (nSPS) is 29.9. The molecule has 1 aromatic carbocycles. The van der Waals surface area contributed by atoms with Crippen molar-refractivity contribution in [3.05, 3.63) is 68.5 Å². The van der Waals surface area contributed by atoms with E-state index < -0.39 is 35.3 Å². The molecular weight excluding hydrogens is 400 g/mol. The molecule has 1 aliphatic carbocycles. The molecule has 2 aliphatic rings. The summed E-state index contributed by atoms with van der Waals surface area (Å²) in [6, 6.07) is 9.74. The maximum atomic E-state index is 12.5. The molecule has 2 fully saturated rings. The van der Waals surface area contributed by atoms with E-state index in [9.17, 15) is 14.7 Å². The number of nitrogens with zero attached hydrogens (tertiary/aromatic N) is 1. The molecule has 8 nitrogen and oxygen atoms in total. The summed E-state index contributed by atoms with van der Waals surface area (Å²) in [6.07, 6.45) is 1.81. The zero-order valence-electron chi connectivity index (χ0n) is 18.0. The van der Waals surface area contributed by atoms with Gasteiger partial charge in [-0.1, -0.05) is 43.7 Å². The highest BCUT2D eigenvalue weighted by molar-refractivity contribution is 5.16. The van der Waals surface area contributed by atoms with E-state index in [4.69, 9.17) is 14.2 Å². The summed E-state index contributed by atoms with van der Waals surface area (Å²) in [4.78, 5) is 26.5. The summed E-state index contributed by atoms with van der Waals surface area (Å²) in [5, 5.41) is 11.4. The monoisotopic (exact) mass is 430 g/mol. The molecule has 31 heavy (non-hydrogen) atoms. The van der Waals surface area contributed by atoms with Crippen LogP contribution in [0.25, 0.3) is 0 Å². The highest BCUT2D eigenvalue weighted by atomic mass is 16.6. The molecule has 0 spiro atoms. The smallest absolute Gasteiger partial charge is 0.330 e. The van der Waals surface area contributed by atoms with E-state index in [1.165, 1.54) is 10.8 Å². The van der Waals surface area contributed by atoms with Crippen molar-refractivity contribution in [2.75, 3.05) is 6.61 Å². The van der Waals surface area contributed by atoms with Gasteiger partial charge in [0, 0.05) is 18.4 Å². The van der Waals surface area contributed by atoms with Crippen LogP contribution in [-0.2, 0) is 20.8 Å². The van der Waals surface area contributed by atoms with E-state index in [2.05, 4.69) is 11.9 Å². The van der Waals surface area contributed by atoms with Gasteiger partial charge in [-0.3, -0.25) is 14.3 Å². The zero-order chi connectivity index (χ0) is 22.0. The van der Waals surface area contributed by atoms with E-state index >= 15 is 0 Å². The van der Waals surface area contributed by atoms with E-state index in [0.717, 1.165) is 18.4 Å². The maximum absolute atomic E-state index is 12.5. The first-order valence-corrected chi connectivity index (χ1v) is 10.9. The van der Waals surface area contributed by atoms with Crippen LogP contribution < -0.4 is 11.2 Å². The first-order chi connectivity index (χ1) is 15.0. The van der Waals surface area contributed by atoms with Crippen LogP contribution in [0.5, 0.6) is 0 Å². The Morgan fingerprint density at radius 2 is 2.06 bits per heavy atom. The van der Waals surface area contributed by atoms with Crippen molar-refractivity contribution in [1.82, 2.24) is 9.55 Å². The van der Waals surface area contributed by atoms with Gasteiger partial charge < -0.3 is 19.3 Å². The number of fused-ring (bicyclic) bond motifs is 1. The number of ether oxygens (including phenoxy) is 3. The van der Waals surface area contributed by atoms with Crippen LogP contribution in [0.15, 0.2) is 46.1 Å². The number of aliphatic hydroxyl groups excluding tert-OH is 1. The third kappa shape index (κ3) is 4.13. The predicted octanol–water partition coefficient (Wildman–Crippen LogP) is 2.04. The molecular formula is C23H30N2O6. The largest absolute Gasteiger partial charge is 0.385 e. The topological polar surface area (TPSA) is 103 Å². The molecule has 5 atom stereocenters. The molecule has 0 radical (unpaired) electrons. The highest BCUT2D eigenvalue weighted by Crippen LogP contribution is 2.50. The summed E-state index contributed by atoms with van der Waals surface area (Å²) in [5.74, 6) is 0. The van der Waals surface area contributed by atoms with Gasteiger partial charge in [0.15, 0.2) is 6.23 Å². The molecule has 0 bridgehead atoms. The van der Waals surface area contributed by atoms with E-state index in [0.29, 0.717) is 31.6 Å². The Labute approximate surface area is 180 Å². The zero-order valence-corrected chi connectivity index (χ0v) is 18.0. The molecule has 1 saturated heterocycles.